The Balaban J connectivity index is 4.48. The number of nitrogens with zero attached hydrogens (tertiary/aromatic N) is 1. The van der Waals surface area contributed by atoms with Gasteiger partial charge in [0.1, 0.15) is 12.1 Å². The number of ether oxygens (including phenoxy) is 1. The molecule has 3 N–H and O–H groups in total. The zero-order chi connectivity index (χ0) is 13.6. The molecule has 2 atom stereocenters. The number of rotatable bonds is 4. The van der Waals surface area contributed by atoms with E-state index in [4.69, 9.17) is 5.21 Å². The van der Waals surface area contributed by atoms with Crippen molar-refractivity contribution in [3.63, 3.8) is 0 Å². The number of carbonyl (C=O) groups is 3. The molecule has 17 heavy (non-hydrogen) atoms. The second-order valence-electron chi connectivity index (χ2n) is 3.46. The third kappa shape index (κ3) is 4.27. The summed E-state index contributed by atoms with van der Waals surface area (Å²) in [6.45, 7) is 2.90. The Hall–Kier alpha value is -1.83. The van der Waals surface area contributed by atoms with E-state index in [1.165, 1.54) is 33.5 Å². The van der Waals surface area contributed by atoms with E-state index in [-0.39, 0.29) is 0 Å². The lowest BCUT2D eigenvalue weighted by Crippen LogP contribution is -2.52. The maximum Gasteiger partial charge on any atom is 0.407 e. The van der Waals surface area contributed by atoms with Gasteiger partial charge in [0, 0.05) is 7.05 Å². The van der Waals surface area contributed by atoms with Crippen molar-refractivity contribution in [2.24, 2.45) is 0 Å². The molecule has 8 nitrogen and oxygen atoms in total. The van der Waals surface area contributed by atoms with Gasteiger partial charge >= 0.3 is 6.09 Å². The monoisotopic (exact) mass is 247 g/mol. The van der Waals surface area contributed by atoms with Crippen LogP contribution in [0.15, 0.2) is 0 Å². The number of likely N-dealkylation sites (N-methyl/N-ethyl adjacent to an activating group) is 1. The van der Waals surface area contributed by atoms with E-state index in [9.17, 15) is 14.4 Å². The second-order valence-corrected chi connectivity index (χ2v) is 3.46. The van der Waals surface area contributed by atoms with Gasteiger partial charge < -0.3 is 15.0 Å². The van der Waals surface area contributed by atoms with Crippen LogP contribution in [0, 0.1) is 0 Å². The van der Waals surface area contributed by atoms with Gasteiger partial charge in [-0.15, -0.1) is 0 Å². The van der Waals surface area contributed by atoms with Crippen molar-refractivity contribution >= 4 is 17.9 Å². The Labute approximate surface area is 98.9 Å². The van der Waals surface area contributed by atoms with Crippen LogP contribution in [0.1, 0.15) is 13.8 Å². The molecule has 0 fully saturated rings. The van der Waals surface area contributed by atoms with Gasteiger partial charge in [-0.2, -0.15) is 0 Å². The highest BCUT2D eigenvalue weighted by atomic mass is 16.5. The average molecular weight is 247 g/mol. The van der Waals surface area contributed by atoms with Crippen molar-refractivity contribution in [2.75, 3.05) is 14.2 Å². The molecule has 0 aromatic rings. The Kier molecular flexibility index (Phi) is 5.97. The van der Waals surface area contributed by atoms with Gasteiger partial charge in [-0.1, -0.05) is 0 Å². The van der Waals surface area contributed by atoms with Gasteiger partial charge in [0.25, 0.3) is 5.91 Å². The van der Waals surface area contributed by atoms with Crippen LogP contribution in [0.3, 0.4) is 0 Å². The third-order valence-corrected chi connectivity index (χ3v) is 2.31. The predicted molar refractivity (Wildman–Crippen MR) is 57.2 cm³/mol. The highest BCUT2D eigenvalue weighted by Gasteiger charge is 2.26. The smallest absolute Gasteiger partial charge is 0.407 e. The van der Waals surface area contributed by atoms with E-state index in [1.54, 1.807) is 0 Å². The molecule has 98 valence electrons. The minimum atomic E-state index is -0.852. The highest BCUT2D eigenvalue weighted by molar-refractivity contribution is 5.90. The summed E-state index contributed by atoms with van der Waals surface area (Å²) in [4.78, 5) is 34.8. The zero-order valence-electron chi connectivity index (χ0n) is 10.2. The van der Waals surface area contributed by atoms with E-state index < -0.39 is 30.0 Å². The summed E-state index contributed by atoms with van der Waals surface area (Å²) in [6.07, 6.45) is -0.737. The molecule has 0 aliphatic carbocycles. The molecular weight excluding hydrogens is 230 g/mol. The number of methoxy groups -OCH3 is 1. The van der Waals surface area contributed by atoms with Gasteiger partial charge in [-0.25, -0.2) is 10.3 Å². The molecular formula is C9H17N3O5. The molecule has 0 aliphatic rings. The van der Waals surface area contributed by atoms with Gasteiger partial charge in [0.05, 0.1) is 7.11 Å². The first-order chi connectivity index (χ1) is 7.84. The summed E-state index contributed by atoms with van der Waals surface area (Å²) in [7, 11) is 2.57. The van der Waals surface area contributed by atoms with Crippen LogP contribution in [0.4, 0.5) is 4.79 Å². The van der Waals surface area contributed by atoms with E-state index in [2.05, 4.69) is 10.1 Å². The second kappa shape index (κ2) is 6.69. The maximum atomic E-state index is 11.8. The molecule has 0 aromatic heterocycles. The van der Waals surface area contributed by atoms with Crippen molar-refractivity contribution in [3.05, 3.63) is 0 Å². The number of alkyl carbamates (subject to hydrolysis) is 1. The van der Waals surface area contributed by atoms with Crippen molar-refractivity contribution in [1.82, 2.24) is 15.7 Å². The maximum absolute atomic E-state index is 11.8. The van der Waals surface area contributed by atoms with Gasteiger partial charge in [-0.05, 0) is 13.8 Å². The first kappa shape index (κ1) is 15.2. The first-order valence-electron chi connectivity index (χ1n) is 4.90. The Morgan fingerprint density at radius 1 is 1.29 bits per heavy atom. The predicted octanol–water partition coefficient (Wildman–Crippen LogP) is -0.917. The third-order valence-electron chi connectivity index (χ3n) is 2.31. The largest absolute Gasteiger partial charge is 0.453 e. The normalized spacial score (nSPS) is 13.2. The number of hydrogen-bond acceptors (Lipinski definition) is 5. The number of hydroxylamine groups is 1. The van der Waals surface area contributed by atoms with Crippen molar-refractivity contribution in [1.29, 1.82) is 0 Å². The summed E-state index contributed by atoms with van der Waals surface area (Å²) in [5.74, 6) is -1.20. The summed E-state index contributed by atoms with van der Waals surface area (Å²) in [5.41, 5.74) is 1.45. The van der Waals surface area contributed by atoms with Gasteiger partial charge in [0.15, 0.2) is 0 Å². The minimum Gasteiger partial charge on any atom is -0.453 e. The molecule has 0 heterocycles. The zero-order valence-corrected chi connectivity index (χ0v) is 10.2. The molecule has 0 aliphatic heterocycles. The van der Waals surface area contributed by atoms with E-state index in [1.807, 2.05) is 0 Å². The topological polar surface area (TPSA) is 108 Å². The summed E-state index contributed by atoms with van der Waals surface area (Å²) < 4.78 is 4.34. The molecule has 2 unspecified atom stereocenters. The fourth-order valence-corrected chi connectivity index (χ4v) is 1.06. The molecule has 8 heteroatoms. The molecule has 0 saturated carbocycles. The molecule has 3 amide bonds. The lowest BCUT2D eigenvalue weighted by atomic mass is 10.2. The molecule has 0 spiro atoms. The van der Waals surface area contributed by atoms with Crippen molar-refractivity contribution in [2.45, 2.75) is 25.9 Å². The standard InChI is InChI=1S/C9H17N3O5/c1-5(10-9(15)17-4)8(14)12(3)6(2)7(13)11-16/h5-6,16H,1-4H3,(H,10,15)(H,11,13). The Morgan fingerprint density at radius 3 is 2.24 bits per heavy atom. The summed E-state index contributed by atoms with van der Waals surface area (Å²) >= 11 is 0. The molecule has 0 radical (unpaired) electrons. The lowest BCUT2D eigenvalue weighted by molar-refractivity contribution is -0.143. The van der Waals surface area contributed by atoms with Crippen LogP contribution >= 0.6 is 0 Å². The van der Waals surface area contributed by atoms with Crippen LogP contribution in [-0.2, 0) is 14.3 Å². The Bertz CT molecular complexity index is 307. The highest BCUT2D eigenvalue weighted by Crippen LogP contribution is 2.00. The number of amides is 3. The van der Waals surface area contributed by atoms with Gasteiger partial charge in [0.2, 0.25) is 5.91 Å². The van der Waals surface area contributed by atoms with E-state index in [0.717, 1.165) is 4.90 Å². The van der Waals surface area contributed by atoms with Crippen LogP contribution in [0.5, 0.6) is 0 Å². The van der Waals surface area contributed by atoms with Crippen LogP contribution in [-0.4, -0.2) is 54.3 Å². The number of carbonyl (C=O) groups excluding carboxylic acids is 3. The fraction of sp³-hybridized carbons (Fsp3) is 0.667. The molecule has 0 bridgehead atoms. The van der Waals surface area contributed by atoms with E-state index in [0.29, 0.717) is 0 Å². The van der Waals surface area contributed by atoms with Crippen molar-refractivity contribution < 1.29 is 24.3 Å². The molecule has 0 aromatic carbocycles. The SMILES string of the molecule is COC(=O)NC(C)C(=O)N(C)C(C)C(=O)NO. The minimum absolute atomic E-state index is 0.480. The summed E-state index contributed by atoms with van der Waals surface area (Å²) in [5, 5.41) is 10.7. The number of nitrogens with one attached hydrogen (secondary N) is 2. The Morgan fingerprint density at radius 2 is 1.82 bits per heavy atom. The van der Waals surface area contributed by atoms with Crippen LogP contribution in [0.2, 0.25) is 0 Å². The molecule has 0 saturated heterocycles. The van der Waals surface area contributed by atoms with Crippen LogP contribution in [0.25, 0.3) is 0 Å². The van der Waals surface area contributed by atoms with Gasteiger partial charge in [-0.3, -0.25) is 14.8 Å². The molecule has 0 rings (SSSR count). The quantitative estimate of drug-likeness (QED) is 0.440. The first-order valence-corrected chi connectivity index (χ1v) is 4.90. The lowest BCUT2D eigenvalue weighted by Gasteiger charge is -2.26. The fourth-order valence-electron chi connectivity index (χ4n) is 1.06. The van der Waals surface area contributed by atoms with E-state index >= 15 is 0 Å². The summed E-state index contributed by atoms with van der Waals surface area (Å²) in [6, 6.07) is -1.68. The average Bonchev–Trinajstić information content (AvgIpc) is 2.34. The number of hydrogen-bond donors (Lipinski definition) is 3. The van der Waals surface area contributed by atoms with Crippen LogP contribution < -0.4 is 10.8 Å². The van der Waals surface area contributed by atoms with Crippen molar-refractivity contribution in [3.8, 4) is 0 Å².